The summed E-state index contributed by atoms with van der Waals surface area (Å²) >= 11 is 0. The van der Waals surface area contributed by atoms with E-state index in [-0.39, 0.29) is 11.4 Å². The zero-order valence-electron chi connectivity index (χ0n) is 20.9. The summed E-state index contributed by atoms with van der Waals surface area (Å²) in [6.45, 7) is 8.70. The van der Waals surface area contributed by atoms with Crippen LogP contribution in [-0.2, 0) is 25.0 Å². The quantitative estimate of drug-likeness (QED) is 0.609. The van der Waals surface area contributed by atoms with Gasteiger partial charge < -0.3 is 14.8 Å². The highest BCUT2D eigenvalue weighted by molar-refractivity contribution is 6.10. The lowest BCUT2D eigenvalue weighted by Crippen LogP contribution is -2.28. The topological polar surface area (TPSA) is 92.1 Å². The maximum Gasteiger partial charge on any atom is 0.260 e. The van der Waals surface area contributed by atoms with Crippen molar-refractivity contribution in [1.82, 2.24) is 30.0 Å². The molecule has 1 amide bonds. The van der Waals surface area contributed by atoms with Crippen LogP contribution in [0.3, 0.4) is 0 Å². The monoisotopic (exact) mass is 472 g/mol. The van der Waals surface area contributed by atoms with Gasteiger partial charge in [-0.2, -0.15) is 0 Å². The number of hydrogen-bond acceptors (Lipinski definition) is 7. The van der Waals surface area contributed by atoms with E-state index in [0.29, 0.717) is 24.9 Å². The second-order valence-electron chi connectivity index (χ2n) is 10.5. The van der Waals surface area contributed by atoms with Crippen molar-refractivity contribution in [1.29, 1.82) is 0 Å². The zero-order chi connectivity index (χ0) is 24.3. The lowest BCUT2D eigenvalue weighted by Gasteiger charge is -2.24. The highest BCUT2D eigenvalue weighted by atomic mass is 16.2. The highest BCUT2D eigenvalue weighted by Gasteiger charge is 2.36. The number of aryl methyl sites for hydroxylation is 1. The van der Waals surface area contributed by atoms with E-state index in [2.05, 4.69) is 45.8 Å². The Kier molecular flexibility index (Phi) is 5.14. The summed E-state index contributed by atoms with van der Waals surface area (Å²) in [6, 6.07) is 8.21. The first kappa shape index (κ1) is 22.2. The molecule has 3 aromatic heterocycles. The summed E-state index contributed by atoms with van der Waals surface area (Å²) < 4.78 is 2.19. The van der Waals surface area contributed by atoms with E-state index >= 15 is 0 Å². The number of fused-ring (bicyclic) bond motifs is 2. The first-order valence-electron chi connectivity index (χ1n) is 12.6. The van der Waals surface area contributed by atoms with Crippen LogP contribution in [-0.4, -0.2) is 50.3 Å². The Bertz CT molecular complexity index is 1310. The molecule has 6 rings (SSSR count). The minimum Gasteiger partial charge on any atom is -0.354 e. The summed E-state index contributed by atoms with van der Waals surface area (Å²) in [5.74, 6) is 3.26. The van der Waals surface area contributed by atoms with Crippen LogP contribution in [0.15, 0.2) is 24.3 Å². The smallest absolute Gasteiger partial charge is 0.260 e. The lowest BCUT2D eigenvalue weighted by molar-refractivity contribution is 0.0996. The van der Waals surface area contributed by atoms with Crippen molar-refractivity contribution < 1.29 is 4.79 Å². The van der Waals surface area contributed by atoms with Gasteiger partial charge in [0.15, 0.2) is 5.82 Å². The van der Waals surface area contributed by atoms with Gasteiger partial charge in [-0.1, -0.05) is 6.07 Å². The fraction of sp³-hybridized carbons (Fsp3) is 0.500. The fourth-order valence-electron chi connectivity index (χ4n) is 5.78. The second-order valence-corrected chi connectivity index (χ2v) is 10.5. The summed E-state index contributed by atoms with van der Waals surface area (Å²) in [7, 11) is 1.91. The van der Waals surface area contributed by atoms with Crippen molar-refractivity contribution in [2.24, 2.45) is 0 Å². The third kappa shape index (κ3) is 3.52. The van der Waals surface area contributed by atoms with Gasteiger partial charge in [-0.05, 0) is 65.3 Å². The van der Waals surface area contributed by atoms with Crippen LogP contribution in [0.5, 0.6) is 0 Å². The van der Waals surface area contributed by atoms with E-state index in [9.17, 15) is 4.79 Å². The molecular weight excluding hydrogens is 440 g/mol. The molecule has 3 aromatic rings. The maximum absolute atomic E-state index is 13.7. The van der Waals surface area contributed by atoms with Crippen LogP contribution in [0.1, 0.15) is 67.5 Å². The van der Waals surface area contributed by atoms with Gasteiger partial charge in [0.1, 0.15) is 23.2 Å². The van der Waals surface area contributed by atoms with Gasteiger partial charge in [0.25, 0.3) is 5.91 Å². The first-order valence-corrected chi connectivity index (χ1v) is 12.6. The van der Waals surface area contributed by atoms with Crippen LogP contribution in [0.2, 0.25) is 0 Å². The third-order valence-corrected chi connectivity index (χ3v) is 7.72. The van der Waals surface area contributed by atoms with Crippen LogP contribution < -0.4 is 15.1 Å². The van der Waals surface area contributed by atoms with Gasteiger partial charge >= 0.3 is 0 Å². The molecule has 35 heavy (non-hydrogen) atoms. The predicted octanol–water partition coefficient (Wildman–Crippen LogP) is 3.28. The van der Waals surface area contributed by atoms with E-state index in [1.165, 1.54) is 0 Å². The van der Waals surface area contributed by atoms with E-state index in [4.69, 9.17) is 9.97 Å². The van der Waals surface area contributed by atoms with E-state index in [0.717, 1.165) is 72.2 Å². The number of amides is 1. The number of hydrogen-bond donors (Lipinski definition) is 1. The molecule has 1 atom stereocenters. The SMILES string of the molecule is CNCc1nc(N2CCC[C@H]2C)cc2c1CN(c1cccc(-c3nnc4n3C(C)(C)CC4)n1)C2=O. The predicted molar refractivity (Wildman–Crippen MR) is 134 cm³/mol. The second kappa shape index (κ2) is 8.12. The van der Waals surface area contributed by atoms with Gasteiger partial charge in [-0.3, -0.25) is 9.69 Å². The molecule has 1 N–H and O–H groups in total. The number of aromatic nitrogens is 5. The van der Waals surface area contributed by atoms with Crippen molar-refractivity contribution in [3.63, 3.8) is 0 Å². The zero-order valence-corrected chi connectivity index (χ0v) is 20.9. The summed E-state index contributed by atoms with van der Waals surface area (Å²) in [5.41, 5.74) is 3.33. The summed E-state index contributed by atoms with van der Waals surface area (Å²) in [6.07, 6.45) is 4.25. The fourth-order valence-corrected chi connectivity index (χ4v) is 5.78. The number of nitrogens with one attached hydrogen (secondary N) is 1. The van der Waals surface area contributed by atoms with Crippen molar-refractivity contribution >= 4 is 17.5 Å². The van der Waals surface area contributed by atoms with Gasteiger partial charge in [-0.25, -0.2) is 9.97 Å². The largest absolute Gasteiger partial charge is 0.354 e. The number of rotatable bonds is 5. The molecule has 3 aliphatic rings. The van der Waals surface area contributed by atoms with Crippen LogP contribution >= 0.6 is 0 Å². The van der Waals surface area contributed by atoms with Crippen molar-refractivity contribution in [3.8, 4) is 11.5 Å². The molecule has 0 radical (unpaired) electrons. The maximum atomic E-state index is 13.7. The van der Waals surface area contributed by atoms with Crippen LogP contribution in [0, 0.1) is 0 Å². The van der Waals surface area contributed by atoms with Crippen LogP contribution in [0.4, 0.5) is 11.6 Å². The Hall–Kier alpha value is -3.33. The Morgan fingerprint density at radius 1 is 1.17 bits per heavy atom. The summed E-state index contributed by atoms with van der Waals surface area (Å²) in [5, 5.41) is 12.1. The molecule has 182 valence electrons. The van der Waals surface area contributed by atoms with E-state index < -0.39 is 0 Å². The molecule has 6 heterocycles. The average Bonchev–Trinajstić information content (AvgIpc) is 3.60. The Morgan fingerprint density at radius 3 is 2.80 bits per heavy atom. The van der Waals surface area contributed by atoms with Gasteiger partial charge in [0.05, 0.1) is 17.8 Å². The molecule has 9 nitrogen and oxygen atoms in total. The number of pyridine rings is 2. The van der Waals surface area contributed by atoms with Gasteiger partial charge in [0, 0.05) is 36.7 Å². The number of carbonyl (C=O) groups is 1. The Balaban J connectivity index is 1.37. The van der Waals surface area contributed by atoms with Crippen molar-refractivity contribution in [2.75, 3.05) is 23.4 Å². The molecule has 0 bridgehead atoms. The molecule has 0 spiro atoms. The number of anilines is 2. The van der Waals surface area contributed by atoms with Crippen molar-refractivity contribution in [2.45, 2.75) is 71.1 Å². The van der Waals surface area contributed by atoms with E-state index in [1.807, 2.05) is 31.3 Å². The minimum atomic E-state index is -0.0532. The van der Waals surface area contributed by atoms with Crippen LogP contribution in [0.25, 0.3) is 11.5 Å². The molecule has 0 aliphatic carbocycles. The van der Waals surface area contributed by atoms with Gasteiger partial charge in [-0.15, -0.1) is 10.2 Å². The molecular formula is C26H32N8O. The molecule has 0 unspecified atom stereocenters. The molecule has 0 aromatic carbocycles. The Labute approximate surface area is 205 Å². The van der Waals surface area contributed by atoms with E-state index in [1.54, 1.807) is 4.90 Å². The average molecular weight is 473 g/mol. The molecule has 1 fully saturated rings. The standard InChI is InChI=1S/C26H32N8O/c1-16-7-6-12-32(16)23-13-17-18(20(29-23)14-27-4)15-33(25(17)35)21-9-5-8-19(28-21)24-31-30-22-10-11-26(2,3)34(22)24/h5,8-9,13,16,27H,6-7,10-12,14-15H2,1-4H3/t16-/m1/s1. The first-order chi connectivity index (χ1) is 16.9. The molecule has 3 aliphatic heterocycles. The molecule has 9 heteroatoms. The molecule has 1 saturated heterocycles. The number of carbonyl (C=O) groups excluding carboxylic acids is 1. The normalized spacial score (nSPS) is 20.6. The lowest BCUT2D eigenvalue weighted by atomic mass is 10.0. The summed E-state index contributed by atoms with van der Waals surface area (Å²) in [4.78, 5) is 27.6. The van der Waals surface area contributed by atoms with Gasteiger partial charge in [0.2, 0.25) is 0 Å². The number of nitrogens with zero attached hydrogens (tertiary/aromatic N) is 7. The minimum absolute atomic E-state index is 0.0238. The van der Waals surface area contributed by atoms with Crippen molar-refractivity contribution in [3.05, 3.63) is 46.9 Å². The Morgan fingerprint density at radius 2 is 2.03 bits per heavy atom. The molecule has 0 saturated carbocycles. The third-order valence-electron chi connectivity index (χ3n) is 7.72. The highest BCUT2D eigenvalue weighted by Crippen LogP contribution is 2.37.